The Bertz CT molecular complexity index is 670. The largest absolute Gasteiger partial charge is 0.419 e. The van der Waals surface area contributed by atoms with Crippen LogP contribution in [0.2, 0.25) is 0 Å². The summed E-state index contributed by atoms with van der Waals surface area (Å²) in [4.78, 5) is 0. The van der Waals surface area contributed by atoms with Crippen LogP contribution in [-0.2, 0) is 28.1 Å². The van der Waals surface area contributed by atoms with E-state index in [1.807, 2.05) is 0 Å². The lowest BCUT2D eigenvalue weighted by Gasteiger charge is -2.53. The first-order valence-corrected chi connectivity index (χ1v) is 18.6. The molecule has 3 saturated heterocycles. The molecule has 0 aromatic carbocycles. The SMILES string of the molecule is CCCCC(CC(O[SiH3])(C(CCCC)OC(CCC)C1CCO1)C(CCCC)C1CCO1)OC(CCC)C1CCO1. The van der Waals surface area contributed by atoms with E-state index < -0.39 is 5.60 Å². The van der Waals surface area contributed by atoms with Crippen LogP contribution in [0.5, 0.6) is 0 Å². The van der Waals surface area contributed by atoms with Crippen LogP contribution in [0.1, 0.15) is 144 Å². The van der Waals surface area contributed by atoms with Gasteiger partial charge in [-0.1, -0.05) is 86.0 Å². The topological polar surface area (TPSA) is 55.4 Å². The van der Waals surface area contributed by atoms with Crippen molar-refractivity contribution in [2.45, 2.75) is 192 Å². The van der Waals surface area contributed by atoms with E-state index in [2.05, 4.69) is 34.6 Å². The number of unbranched alkanes of at least 4 members (excludes halogenated alkanes) is 3. The summed E-state index contributed by atoms with van der Waals surface area (Å²) in [5, 5.41) is 0. The third kappa shape index (κ3) is 9.99. The second-order valence-electron chi connectivity index (χ2n) is 13.0. The predicted molar refractivity (Wildman–Crippen MR) is 171 cm³/mol. The van der Waals surface area contributed by atoms with E-state index in [-0.39, 0.29) is 42.7 Å². The van der Waals surface area contributed by atoms with Crippen molar-refractivity contribution in [2.75, 3.05) is 19.8 Å². The summed E-state index contributed by atoms with van der Waals surface area (Å²) in [7, 11) is 0.668. The molecule has 9 atom stereocenters. The fourth-order valence-electron chi connectivity index (χ4n) is 7.26. The van der Waals surface area contributed by atoms with Gasteiger partial charge in [0.05, 0.1) is 48.3 Å². The Morgan fingerprint density at radius 1 is 0.634 bits per heavy atom. The van der Waals surface area contributed by atoms with Crippen LogP contribution in [0.4, 0.5) is 0 Å². The molecule has 0 radical (unpaired) electrons. The van der Waals surface area contributed by atoms with Crippen LogP contribution >= 0.6 is 0 Å². The lowest BCUT2D eigenvalue weighted by Crippen LogP contribution is -2.61. The molecule has 3 aliphatic rings. The Hall–Kier alpha value is -0.0231. The minimum Gasteiger partial charge on any atom is -0.419 e. The Balaban J connectivity index is 1.99. The molecule has 3 aliphatic heterocycles. The zero-order valence-corrected chi connectivity index (χ0v) is 29.7. The normalized spacial score (nSPS) is 27.6. The minimum atomic E-state index is -0.410. The molecular weight excluding hydrogens is 532 g/mol. The number of rotatable bonds is 25. The van der Waals surface area contributed by atoms with Gasteiger partial charge in [0.25, 0.3) is 0 Å². The maximum absolute atomic E-state index is 7.31. The van der Waals surface area contributed by atoms with Crippen LogP contribution < -0.4 is 0 Å². The maximum Gasteiger partial charge on any atom is 0.146 e. The predicted octanol–water partition coefficient (Wildman–Crippen LogP) is 7.07. The average molecular weight is 599 g/mol. The van der Waals surface area contributed by atoms with E-state index in [0.717, 1.165) is 103 Å². The van der Waals surface area contributed by atoms with Crippen molar-refractivity contribution in [3.63, 3.8) is 0 Å². The molecule has 0 aliphatic carbocycles. The molecule has 3 rings (SSSR count). The van der Waals surface area contributed by atoms with Gasteiger partial charge in [0, 0.05) is 32.2 Å². The Labute approximate surface area is 256 Å². The van der Waals surface area contributed by atoms with Crippen molar-refractivity contribution in [1.82, 2.24) is 0 Å². The highest BCUT2D eigenvalue weighted by atomic mass is 28.2. The molecule has 0 bridgehead atoms. The van der Waals surface area contributed by atoms with E-state index in [1.54, 1.807) is 0 Å². The lowest BCUT2D eigenvalue weighted by atomic mass is 9.70. The summed E-state index contributed by atoms with van der Waals surface area (Å²) in [6, 6.07) is 0. The first kappa shape index (κ1) is 35.5. The summed E-state index contributed by atoms with van der Waals surface area (Å²) in [6.07, 6.45) is 19.9. The van der Waals surface area contributed by atoms with Gasteiger partial charge in [-0.3, -0.25) is 0 Å². The molecular formula is C34H66O6Si. The zero-order chi connectivity index (χ0) is 29.5. The molecule has 0 aromatic rings. The second kappa shape index (κ2) is 19.4. The standard InChI is InChI=1S/C34H66O6Si/c1-6-11-16-26(38-31(14-9-4)29-20-23-36-29)25-34(40-41,27(17-12-7-2)28-19-22-35-28)33(18-13-8-3)39-32(15-10-5)30-21-24-37-30/h26-33H,6-25H2,1-5,41H3. The Morgan fingerprint density at radius 2 is 1.12 bits per heavy atom. The van der Waals surface area contributed by atoms with Crippen molar-refractivity contribution < 1.29 is 28.1 Å². The van der Waals surface area contributed by atoms with Crippen LogP contribution in [-0.4, -0.2) is 78.6 Å². The molecule has 0 spiro atoms. The van der Waals surface area contributed by atoms with Gasteiger partial charge >= 0.3 is 0 Å². The fraction of sp³-hybridized carbons (Fsp3) is 1.00. The second-order valence-corrected chi connectivity index (χ2v) is 13.4. The number of ether oxygens (including phenoxy) is 5. The monoisotopic (exact) mass is 598 g/mol. The summed E-state index contributed by atoms with van der Waals surface area (Å²) >= 11 is 0. The summed E-state index contributed by atoms with van der Waals surface area (Å²) in [6.45, 7) is 14.0. The third-order valence-corrected chi connectivity index (χ3v) is 10.8. The maximum atomic E-state index is 7.31. The van der Waals surface area contributed by atoms with Gasteiger partial charge in [0.2, 0.25) is 0 Å². The van der Waals surface area contributed by atoms with Gasteiger partial charge in [-0.25, -0.2) is 0 Å². The molecule has 41 heavy (non-hydrogen) atoms. The van der Waals surface area contributed by atoms with E-state index in [9.17, 15) is 0 Å². The van der Waals surface area contributed by atoms with Crippen molar-refractivity contribution in [2.24, 2.45) is 5.92 Å². The van der Waals surface area contributed by atoms with E-state index >= 15 is 0 Å². The van der Waals surface area contributed by atoms with Gasteiger partial charge in [0.1, 0.15) is 10.5 Å². The smallest absolute Gasteiger partial charge is 0.146 e. The van der Waals surface area contributed by atoms with Crippen molar-refractivity contribution in [3.05, 3.63) is 0 Å². The molecule has 6 nitrogen and oxygen atoms in total. The van der Waals surface area contributed by atoms with Crippen LogP contribution in [0.25, 0.3) is 0 Å². The molecule has 0 saturated carbocycles. The Morgan fingerprint density at radius 3 is 1.56 bits per heavy atom. The lowest BCUT2D eigenvalue weighted by molar-refractivity contribution is -0.237. The molecule has 9 unspecified atom stereocenters. The van der Waals surface area contributed by atoms with Crippen LogP contribution in [0, 0.1) is 5.92 Å². The third-order valence-electron chi connectivity index (χ3n) is 10.0. The summed E-state index contributed by atoms with van der Waals surface area (Å²) in [5.41, 5.74) is -0.410. The quantitative estimate of drug-likeness (QED) is 0.105. The van der Waals surface area contributed by atoms with Gasteiger partial charge in [-0.05, 0) is 51.4 Å². The first-order valence-electron chi connectivity index (χ1n) is 17.8. The minimum absolute atomic E-state index is 0.0176. The molecule has 0 N–H and O–H groups in total. The number of hydrogen-bond acceptors (Lipinski definition) is 6. The Kier molecular flexibility index (Phi) is 16.8. The van der Waals surface area contributed by atoms with Gasteiger partial charge in [-0.2, -0.15) is 0 Å². The van der Waals surface area contributed by atoms with E-state index in [4.69, 9.17) is 28.1 Å². The molecule has 0 aromatic heterocycles. The summed E-state index contributed by atoms with van der Waals surface area (Å²) in [5.74, 6) is 0.317. The zero-order valence-electron chi connectivity index (χ0n) is 27.7. The molecule has 3 fully saturated rings. The average Bonchev–Trinajstić information content (AvgIpc) is 2.87. The molecule has 0 amide bonds. The fourth-order valence-corrected chi connectivity index (χ4v) is 7.99. The van der Waals surface area contributed by atoms with Gasteiger partial charge < -0.3 is 28.1 Å². The summed E-state index contributed by atoms with van der Waals surface area (Å²) < 4.78 is 39.8. The van der Waals surface area contributed by atoms with Crippen molar-refractivity contribution in [3.8, 4) is 0 Å². The van der Waals surface area contributed by atoms with E-state index in [0.29, 0.717) is 16.4 Å². The van der Waals surface area contributed by atoms with Gasteiger partial charge in [0.15, 0.2) is 0 Å². The van der Waals surface area contributed by atoms with Crippen LogP contribution in [0.3, 0.4) is 0 Å². The highest BCUT2D eigenvalue weighted by Crippen LogP contribution is 2.45. The van der Waals surface area contributed by atoms with Crippen molar-refractivity contribution >= 4 is 10.5 Å². The molecule has 242 valence electrons. The number of hydrogen-bond donors (Lipinski definition) is 0. The van der Waals surface area contributed by atoms with E-state index in [1.165, 1.54) is 25.7 Å². The highest BCUT2D eigenvalue weighted by Gasteiger charge is 2.53. The molecule has 3 heterocycles. The first-order chi connectivity index (χ1) is 20.1. The highest BCUT2D eigenvalue weighted by molar-refractivity contribution is 5.98. The van der Waals surface area contributed by atoms with Gasteiger partial charge in [-0.15, -0.1) is 0 Å². The van der Waals surface area contributed by atoms with Crippen molar-refractivity contribution in [1.29, 1.82) is 0 Å². The van der Waals surface area contributed by atoms with Crippen LogP contribution in [0.15, 0.2) is 0 Å². The molecule has 7 heteroatoms.